The number of guanidine groups is 1. The van der Waals surface area contributed by atoms with E-state index in [0.29, 0.717) is 11.4 Å². The van der Waals surface area contributed by atoms with Gasteiger partial charge in [-0.05, 0) is 20.8 Å². The van der Waals surface area contributed by atoms with Crippen molar-refractivity contribution in [3.8, 4) is 0 Å². The number of nitrogen functional groups attached to an aromatic ring is 1. The number of rotatable bonds is 2. The molecule has 0 saturated heterocycles. The average molecular weight is 309 g/mol. The molecule has 0 aliphatic heterocycles. The summed E-state index contributed by atoms with van der Waals surface area (Å²) in [6, 6.07) is 0. The SMILES string of the molecule is C/C(=N\N=C(N)N)c1c(C)nn(C(=N)N)c1C.Cl.Cl. The highest BCUT2D eigenvalue weighted by atomic mass is 35.5. The van der Waals surface area contributed by atoms with Gasteiger partial charge in [0.2, 0.25) is 11.9 Å². The fraction of sp³-hybridized carbons (Fsp3) is 0.333. The van der Waals surface area contributed by atoms with Crippen LogP contribution in [0.15, 0.2) is 10.2 Å². The lowest BCUT2D eigenvalue weighted by atomic mass is 10.1. The van der Waals surface area contributed by atoms with Crippen molar-refractivity contribution >= 4 is 42.4 Å². The molecule has 0 spiro atoms. The number of halogens is 2. The van der Waals surface area contributed by atoms with Crippen LogP contribution in [0.3, 0.4) is 0 Å². The van der Waals surface area contributed by atoms with Crippen LogP contribution in [0.25, 0.3) is 0 Å². The summed E-state index contributed by atoms with van der Waals surface area (Å²) in [5.41, 5.74) is 18.6. The van der Waals surface area contributed by atoms with E-state index in [1.807, 2.05) is 0 Å². The third kappa shape index (κ3) is 4.42. The van der Waals surface area contributed by atoms with Crippen LogP contribution in [-0.4, -0.2) is 27.4 Å². The number of aromatic nitrogens is 2. The van der Waals surface area contributed by atoms with E-state index in [9.17, 15) is 0 Å². The average Bonchev–Trinajstić information content (AvgIpc) is 2.51. The number of nitrogens with two attached hydrogens (primary N) is 3. The highest BCUT2D eigenvalue weighted by molar-refractivity contribution is 6.01. The lowest BCUT2D eigenvalue weighted by Gasteiger charge is -2.01. The largest absolute Gasteiger partial charge is 0.369 e. The van der Waals surface area contributed by atoms with Crippen LogP contribution < -0.4 is 17.2 Å². The van der Waals surface area contributed by atoms with Crippen molar-refractivity contribution in [2.45, 2.75) is 20.8 Å². The second-order valence-electron chi connectivity index (χ2n) is 3.55. The van der Waals surface area contributed by atoms with Crippen LogP contribution in [-0.2, 0) is 0 Å². The van der Waals surface area contributed by atoms with E-state index in [-0.39, 0.29) is 36.7 Å². The molecular formula is C9H18Cl2N8. The Bertz CT molecular complexity index is 513. The quantitative estimate of drug-likeness (QED) is 0.348. The van der Waals surface area contributed by atoms with E-state index in [1.54, 1.807) is 20.8 Å². The van der Waals surface area contributed by atoms with Crippen molar-refractivity contribution in [2.75, 3.05) is 0 Å². The Kier molecular flexibility index (Phi) is 7.81. The molecule has 0 atom stereocenters. The number of nitrogens with one attached hydrogen (secondary N) is 1. The second kappa shape index (κ2) is 7.59. The molecule has 1 aromatic rings. The third-order valence-electron chi connectivity index (χ3n) is 2.20. The predicted molar refractivity (Wildman–Crippen MR) is 81.5 cm³/mol. The van der Waals surface area contributed by atoms with Gasteiger partial charge in [-0.2, -0.15) is 10.2 Å². The van der Waals surface area contributed by atoms with Crippen LogP contribution in [0.2, 0.25) is 0 Å². The molecule has 1 aromatic heterocycles. The number of hydrogen-bond donors (Lipinski definition) is 4. The van der Waals surface area contributed by atoms with Gasteiger partial charge < -0.3 is 17.2 Å². The van der Waals surface area contributed by atoms with Crippen molar-refractivity contribution in [3.05, 3.63) is 17.0 Å². The predicted octanol–water partition coefficient (Wildman–Crippen LogP) is 0.0825. The molecule has 19 heavy (non-hydrogen) atoms. The summed E-state index contributed by atoms with van der Waals surface area (Å²) < 4.78 is 1.33. The van der Waals surface area contributed by atoms with Gasteiger partial charge >= 0.3 is 0 Å². The summed E-state index contributed by atoms with van der Waals surface area (Å²) in [6.45, 7) is 5.36. The van der Waals surface area contributed by atoms with Gasteiger partial charge in [0.1, 0.15) is 0 Å². The summed E-state index contributed by atoms with van der Waals surface area (Å²) in [5, 5.41) is 19.0. The van der Waals surface area contributed by atoms with Crippen molar-refractivity contribution in [1.29, 1.82) is 5.41 Å². The maximum Gasteiger partial charge on any atom is 0.213 e. The van der Waals surface area contributed by atoms with Gasteiger partial charge in [0.05, 0.1) is 17.1 Å². The lowest BCUT2D eigenvalue weighted by molar-refractivity contribution is 0.863. The molecule has 8 nitrogen and oxygen atoms in total. The molecule has 0 unspecified atom stereocenters. The summed E-state index contributed by atoms with van der Waals surface area (Å²) in [4.78, 5) is 0. The Morgan fingerprint density at radius 2 is 1.68 bits per heavy atom. The van der Waals surface area contributed by atoms with Gasteiger partial charge in [-0.3, -0.25) is 5.41 Å². The van der Waals surface area contributed by atoms with Crippen molar-refractivity contribution in [2.24, 2.45) is 27.4 Å². The van der Waals surface area contributed by atoms with Gasteiger partial charge in [0, 0.05) is 5.56 Å². The zero-order valence-electron chi connectivity index (χ0n) is 10.8. The molecule has 0 fully saturated rings. The smallest absolute Gasteiger partial charge is 0.213 e. The van der Waals surface area contributed by atoms with Crippen LogP contribution in [0.4, 0.5) is 0 Å². The highest BCUT2D eigenvalue weighted by Gasteiger charge is 2.15. The van der Waals surface area contributed by atoms with Gasteiger partial charge in [-0.1, -0.05) is 0 Å². The first kappa shape index (κ1) is 19.5. The Morgan fingerprint density at radius 3 is 2.05 bits per heavy atom. The van der Waals surface area contributed by atoms with Crippen molar-refractivity contribution in [1.82, 2.24) is 9.78 Å². The van der Waals surface area contributed by atoms with Crippen LogP contribution in [0, 0.1) is 19.3 Å². The first-order valence-corrected chi connectivity index (χ1v) is 4.88. The molecule has 0 amide bonds. The fourth-order valence-corrected chi connectivity index (χ4v) is 1.58. The van der Waals surface area contributed by atoms with Gasteiger partial charge in [0.25, 0.3) is 0 Å². The number of aryl methyl sites for hydroxylation is 1. The molecule has 1 heterocycles. The van der Waals surface area contributed by atoms with E-state index >= 15 is 0 Å². The first-order valence-electron chi connectivity index (χ1n) is 4.88. The molecule has 0 aliphatic rings. The first-order chi connectivity index (χ1) is 7.84. The molecule has 0 bridgehead atoms. The highest BCUT2D eigenvalue weighted by Crippen LogP contribution is 2.13. The second-order valence-corrected chi connectivity index (χ2v) is 3.55. The molecule has 1 rings (SSSR count). The van der Waals surface area contributed by atoms with Crippen LogP contribution in [0.5, 0.6) is 0 Å². The molecule has 0 aliphatic carbocycles. The van der Waals surface area contributed by atoms with Crippen LogP contribution >= 0.6 is 24.8 Å². The summed E-state index contributed by atoms with van der Waals surface area (Å²) in [6.07, 6.45) is 0. The minimum absolute atomic E-state index is 0. The maximum absolute atomic E-state index is 7.37. The fourth-order valence-electron chi connectivity index (χ4n) is 1.58. The molecule has 0 saturated carbocycles. The molecule has 10 heteroatoms. The molecular weight excluding hydrogens is 291 g/mol. The van der Waals surface area contributed by atoms with Gasteiger partial charge in [0.15, 0.2) is 0 Å². The molecule has 0 aromatic carbocycles. The zero-order chi connectivity index (χ0) is 13.2. The van der Waals surface area contributed by atoms with E-state index in [0.717, 1.165) is 11.3 Å². The normalized spacial score (nSPS) is 10.2. The summed E-state index contributed by atoms with van der Waals surface area (Å²) >= 11 is 0. The van der Waals surface area contributed by atoms with Crippen molar-refractivity contribution < 1.29 is 0 Å². The van der Waals surface area contributed by atoms with Crippen molar-refractivity contribution in [3.63, 3.8) is 0 Å². The summed E-state index contributed by atoms with van der Waals surface area (Å²) in [7, 11) is 0. The molecule has 108 valence electrons. The standard InChI is InChI=1S/C9H16N8.2ClH/c1-4(14-15-8(10)11)7-5(2)16-17(6(7)3)9(12)13;;/h1-3H3,(H3,12,13)(H4,10,11,15);2*1H/b14-4+;;. The Morgan fingerprint density at radius 1 is 1.16 bits per heavy atom. The minimum atomic E-state index is -0.147. The minimum Gasteiger partial charge on any atom is -0.369 e. The molecule has 0 radical (unpaired) electrons. The number of nitrogens with zero attached hydrogens (tertiary/aromatic N) is 4. The molecule has 7 N–H and O–H groups in total. The monoisotopic (exact) mass is 308 g/mol. The van der Waals surface area contributed by atoms with E-state index < -0.39 is 0 Å². The summed E-state index contributed by atoms with van der Waals surface area (Å²) in [5.74, 6) is -0.259. The lowest BCUT2D eigenvalue weighted by Crippen LogP contribution is -2.23. The van der Waals surface area contributed by atoms with Gasteiger partial charge in [-0.25, -0.2) is 4.68 Å². The third-order valence-corrected chi connectivity index (χ3v) is 2.20. The van der Waals surface area contributed by atoms with E-state index in [2.05, 4.69) is 15.3 Å². The topological polar surface area (TPSA) is 144 Å². The Hall–Kier alpha value is -1.80. The zero-order valence-corrected chi connectivity index (χ0v) is 12.5. The van der Waals surface area contributed by atoms with Crippen LogP contribution in [0.1, 0.15) is 23.9 Å². The number of hydrogen-bond acceptors (Lipinski definition) is 4. The van der Waals surface area contributed by atoms with Gasteiger partial charge in [-0.15, -0.1) is 29.9 Å². The van der Waals surface area contributed by atoms with E-state index in [1.165, 1.54) is 4.68 Å². The maximum atomic E-state index is 7.37. The Balaban J connectivity index is 0. The Labute approximate surface area is 123 Å². The van der Waals surface area contributed by atoms with E-state index in [4.69, 9.17) is 22.6 Å².